The molecule has 26 heavy (non-hydrogen) atoms. The molecule has 1 unspecified atom stereocenters. The lowest BCUT2D eigenvalue weighted by Gasteiger charge is -2.34. The zero-order chi connectivity index (χ0) is 17.8. The van der Waals surface area contributed by atoms with Gasteiger partial charge in [0.15, 0.2) is 0 Å². The first kappa shape index (κ1) is 16.4. The van der Waals surface area contributed by atoms with Gasteiger partial charge < -0.3 is 10.2 Å². The zero-order valence-corrected chi connectivity index (χ0v) is 14.2. The molecule has 4 heterocycles. The summed E-state index contributed by atoms with van der Waals surface area (Å²) in [5.41, 5.74) is 2.14. The molecule has 6 heteroatoms. The van der Waals surface area contributed by atoms with E-state index in [4.69, 9.17) is 0 Å². The van der Waals surface area contributed by atoms with Gasteiger partial charge in [-0.15, -0.1) is 0 Å². The Labute approximate surface area is 151 Å². The van der Waals surface area contributed by atoms with Gasteiger partial charge in [0.1, 0.15) is 11.5 Å². The Bertz CT molecular complexity index is 885. The minimum Gasteiger partial charge on any atom is -0.353 e. The van der Waals surface area contributed by atoms with E-state index in [1.54, 1.807) is 36.8 Å². The van der Waals surface area contributed by atoms with Crippen molar-refractivity contribution >= 4 is 11.6 Å². The summed E-state index contributed by atoms with van der Waals surface area (Å²) in [6.45, 7) is 2.47. The summed E-state index contributed by atoms with van der Waals surface area (Å²) < 4.78 is 0. The number of ketones is 1. The minimum absolute atomic E-state index is 0.112. The van der Waals surface area contributed by atoms with Gasteiger partial charge in [-0.05, 0) is 35.9 Å². The van der Waals surface area contributed by atoms with E-state index < -0.39 is 0 Å². The Hall–Kier alpha value is -3.12. The first-order valence-electron chi connectivity index (χ1n) is 8.61. The second-order valence-corrected chi connectivity index (χ2v) is 6.19. The molecular weight excluding hydrogens is 326 g/mol. The molecule has 1 fully saturated rings. The molecule has 0 radical (unpaired) electrons. The van der Waals surface area contributed by atoms with Crippen LogP contribution in [0.25, 0.3) is 0 Å². The first-order chi connectivity index (χ1) is 12.8. The Morgan fingerprint density at radius 3 is 2.65 bits per heavy atom. The molecule has 0 aliphatic carbocycles. The number of nitrogens with zero attached hydrogens (tertiary/aromatic N) is 4. The maximum atomic E-state index is 12.6. The van der Waals surface area contributed by atoms with Gasteiger partial charge in [0.05, 0.1) is 6.04 Å². The molecule has 3 aromatic rings. The van der Waals surface area contributed by atoms with Crippen molar-refractivity contribution in [2.45, 2.75) is 6.04 Å². The van der Waals surface area contributed by atoms with E-state index in [-0.39, 0.29) is 11.8 Å². The summed E-state index contributed by atoms with van der Waals surface area (Å²) in [6, 6.07) is 13.3. The molecule has 3 aromatic heterocycles. The number of piperazine rings is 1. The van der Waals surface area contributed by atoms with Crippen molar-refractivity contribution in [3.05, 3.63) is 84.1 Å². The van der Waals surface area contributed by atoms with Crippen molar-refractivity contribution in [1.82, 2.24) is 20.3 Å². The Morgan fingerprint density at radius 2 is 1.88 bits per heavy atom. The van der Waals surface area contributed by atoms with Crippen molar-refractivity contribution < 1.29 is 4.79 Å². The van der Waals surface area contributed by atoms with Crippen LogP contribution in [0.4, 0.5) is 5.82 Å². The molecule has 6 nitrogen and oxygen atoms in total. The van der Waals surface area contributed by atoms with Crippen LogP contribution in [0.1, 0.15) is 27.7 Å². The van der Waals surface area contributed by atoms with E-state index in [1.165, 1.54) is 0 Å². The molecule has 1 saturated heterocycles. The van der Waals surface area contributed by atoms with Gasteiger partial charge in [0.2, 0.25) is 5.78 Å². The molecule has 4 rings (SSSR count). The van der Waals surface area contributed by atoms with Gasteiger partial charge in [-0.2, -0.15) is 0 Å². The molecule has 0 aromatic carbocycles. The number of pyridine rings is 3. The highest BCUT2D eigenvalue weighted by Gasteiger charge is 2.22. The van der Waals surface area contributed by atoms with Crippen molar-refractivity contribution in [3.8, 4) is 0 Å². The summed E-state index contributed by atoms with van der Waals surface area (Å²) >= 11 is 0. The van der Waals surface area contributed by atoms with Crippen LogP contribution in [0.3, 0.4) is 0 Å². The highest BCUT2D eigenvalue weighted by Crippen LogP contribution is 2.21. The lowest BCUT2D eigenvalue weighted by atomic mass is 10.1. The van der Waals surface area contributed by atoms with Crippen molar-refractivity contribution in [2.24, 2.45) is 0 Å². The highest BCUT2D eigenvalue weighted by molar-refractivity contribution is 6.07. The van der Waals surface area contributed by atoms with Gasteiger partial charge >= 0.3 is 0 Å². The Kier molecular flexibility index (Phi) is 4.66. The maximum absolute atomic E-state index is 12.6. The quantitative estimate of drug-likeness (QED) is 0.732. The average molecular weight is 345 g/mol. The summed E-state index contributed by atoms with van der Waals surface area (Å²) in [7, 11) is 0. The van der Waals surface area contributed by atoms with E-state index in [1.807, 2.05) is 24.4 Å². The fraction of sp³-hybridized carbons (Fsp3) is 0.200. The number of carbonyl (C=O) groups is 1. The van der Waals surface area contributed by atoms with Gasteiger partial charge in [-0.3, -0.25) is 14.8 Å². The third-order valence-corrected chi connectivity index (χ3v) is 4.48. The Morgan fingerprint density at radius 1 is 1.04 bits per heavy atom. The molecule has 1 aliphatic heterocycles. The molecule has 1 atom stereocenters. The predicted octanol–water partition coefficient (Wildman–Crippen LogP) is 2.25. The fourth-order valence-electron chi connectivity index (χ4n) is 3.13. The van der Waals surface area contributed by atoms with Gasteiger partial charge in [-0.1, -0.05) is 12.1 Å². The second-order valence-electron chi connectivity index (χ2n) is 6.19. The fourth-order valence-corrected chi connectivity index (χ4v) is 3.13. The average Bonchev–Trinajstić information content (AvgIpc) is 2.75. The van der Waals surface area contributed by atoms with Crippen LogP contribution in [0.15, 0.2) is 67.3 Å². The van der Waals surface area contributed by atoms with Crippen LogP contribution in [0.2, 0.25) is 0 Å². The summed E-state index contributed by atoms with van der Waals surface area (Å²) in [5, 5.41) is 3.51. The number of hydrogen-bond donors (Lipinski definition) is 1. The topological polar surface area (TPSA) is 71.0 Å². The van der Waals surface area contributed by atoms with Crippen LogP contribution in [0, 0.1) is 0 Å². The third kappa shape index (κ3) is 3.45. The summed E-state index contributed by atoms with van der Waals surface area (Å²) in [5.74, 6) is 0.703. The smallest absolute Gasteiger partial charge is 0.212 e. The number of carbonyl (C=O) groups excluding carboxylic acids is 1. The molecule has 1 aliphatic rings. The standard InChI is InChI=1S/C20H19N5O/c26-20(16-5-3-9-22-13-16)17-6-1-7-19(24-17)25-11-10-23-18(14-25)15-4-2-8-21-12-15/h1-9,12-13,18,23H,10-11,14H2. The molecule has 130 valence electrons. The number of nitrogens with one attached hydrogen (secondary N) is 1. The molecule has 0 bridgehead atoms. The van der Waals surface area contributed by atoms with Gasteiger partial charge in [0, 0.05) is 50.0 Å². The van der Waals surface area contributed by atoms with E-state index in [9.17, 15) is 4.79 Å². The molecule has 1 N–H and O–H groups in total. The first-order valence-corrected chi connectivity index (χ1v) is 8.61. The normalized spacial score (nSPS) is 17.1. The molecule has 0 spiro atoms. The lowest BCUT2D eigenvalue weighted by Crippen LogP contribution is -2.46. The summed E-state index contributed by atoms with van der Waals surface area (Å²) in [6.07, 6.45) is 6.88. The number of aromatic nitrogens is 3. The number of rotatable bonds is 4. The summed E-state index contributed by atoms with van der Waals surface area (Å²) in [4.78, 5) is 27.7. The van der Waals surface area contributed by atoms with Gasteiger partial charge in [-0.25, -0.2) is 4.98 Å². The van der Waals surface area contributed by atoms with Gasteiger partial charge in [0.25, 0.3) is 0 Å². The SMILES string of the molecule is O=C(c1cccnc1)c1cccc(N2CCNC(c3cccnc3)C2)n1. The molecular formula is C20H19N5O. The zero-order valence-electron chi connectivity index (χ0n) is 14.2. The van der Waals surface area contributed by atoms with Crippen molar-refractivity contribution in [2.75, 3.05) is 24.5 Å². The second kappa shape index (κ2) is 7.41. The third-order valence-electron chi connectivity index (χ3n) is 4.48. The molecule has 0 amide bonds. The lowest BCUT2D eigenvalue weighted by molar-refractivity contribution is 0.103. The predicted molar refractivity (Wildman–Crippen MR) is 99.1 cm³/mol. The van der Waals surface area contributed by atoms with E-state index in [0.29, 0.717) is 11.3 Å². The van der Waals surface area contributed by atoms with Crippen LogP contribution >= 0.6 is 0 Å². The van der Waals surface area contributed by atoms with Crippen LogP contribution < -0.4 is 10.2 Å². The number of hydrogen-bond acceptors (Lipinski definition) is 6. The van der Waals surface area contributed by atoms with E-state index in [2.05, 4.69) is 31.2 Å². The van der Waals surface area contributed by atoms with Crippen LogP contribution in [-0.2, 0) is 0 Å². The highest BCUT2D eigenvalue weighted by atomic mass is 16.1. The van der Waals surface area contributed by atoms with Crippen LogP contribution in [-0.4, -0.2) is 40.4 Å². The van der Waals surface area contributed by atoms with E-state index >= 15 is 0 Å². The molecule has 0 saturated carbocycles. The van der Waals surface area contributed by atoms with Crippen molar-refractivity contribution in [3.63, 3.8) is 0 Å². The van der Waals surface area contributed by atoms with E-state index in [0.717, 1.165) is 31.0 Å². The van der Waals surface area contributed by atoms with Crippen LogP contribution in [0.5, 0.6) is 0 Å². The Balaban J connectivity index is 1.55. The monoisotopic (exact) mass is 345 g/mol. The largest absolute Gasteiger partial charge is 0.353 e. The van der Waals surface area contributed by atoms with Crippen molar-refractivity contribution in [1.29, 1.82) is 0 Å². The number of anilines is 1. The minimum atomic E-state index is -0.112. The maximum Gasteiger partial charge on any atom is 0.212 e.